The number of aliphatic hydroxyl groups excluding tert-OH is 1. The van der Waals surface area contributed by atoms with Crippen molar-refractivity contribution in [1.29, 1.82) is 5.26 Å². The van der Waals surface area contributed by atoms with Crippen LogP contribution in [0.1, 0.15) is 40.0 Å². The summed E-state index contributed by atoms with van der Waals surface area (Å²) < 4.78 is 0. The van der Waals surface area contributed by atoms with E-state index in [9.17, 15) is 15.2 Å². The Kier molecular flexibility index (Phi) is 8.93. The van der Waals surface area contributed by atoms with Gasteiger partial charge in [-0.1, -0.05) is 47.5 Å². The zero-order valence-corrected chi connectivity index (χ0v) is 22.6. The Bertz CT molecular complexity index is 1310. The topological polar surface area (TPSA) is 99.8 Å². The van der Waals surface area contributed by atoms with Crippen LogP contribution in [-0.4, -0.2) is 60.4 Å². The van der Waals surface area contributed by atoms with E-state index in [0.29, 0.717) is 52.9 Å². The Balaban J connectivity index is 1.54. The standard InChI is InChI=1S/C29H30Cl2N4O3/c1-29(38,23-7-3-22(4-8-23)28(37)33-12-15-36)19-34-13-14-35(26-11-2-20(17-32)16-25(26)31)27(18-34)21-5-9-24(30)10-6-21/h2-11,16,27,36,38H,12-15,18-19H2,1H3,(H,33,37)/t27-,29+/m0/s1. The number of rotatable bonds is 8. The first-order chi connectivity index (χ1) is 18.2. The third-order valence-corrected chi connectivity index (χ3v) is 7.36. The Morgan fingerprint density at radius 3 is 2.45 bits per heavy atom. The van der Waals surface area contributed by atoms with Gasteiger partial charge < -0.3 is 20.4 Å². The third kappa shape index (κ3) is 6.47. The number of hydrogen-bond donors (Lipinski definition) is 3. The molecule has 2 atom stereocenters. The Labute approximate surface area is 232 Å². The first kappa shape index (κ1) is 27.9. The molecule has 0 aliphatic carbocycles. The third-order valence-electron chi connectivity index (χ3n) is 6.80. The number of benzene rings is 3. The van der Waals surface area contributed by atoms with Crippen molar-refractivity contribution in [2.75, 3.05) is 44.2 Å². The maximum absolute atomic E-state index is 12.1. The van der Waals surface area contributed by atoms with Gasteiger partial charge in [0, 0.05) is 43.3 Å². The second-order valence-corrected chi connectivity index (χ2v) is 10.4. The van der Waals surface area contributed by atoms with Crippen LogP contribution in [0.25, 0.3) is 0 Å². The number of anilines is 1. The molecule has 4 rings (SSSR count). The van der Waals surface area contributed by atoms with E-state index in [2.05, 4.69) is 21.2 Å². The molecule has 7 nitrogen and oxygen atoms in total. The lowest BCUT2D eigenvalue weighted by molar-refractivity contribution is 0.0103. The van der Waals surface area contributed by atoms with Crippen molar-refractivity contribution >= 4 is 34.8 Å². The van der Waals surface area contributed by atoms with Gasteiger partial charge in [-0.25, -0.2) is 0 Å². The summed E-state index contributed by atoms with van der Waals surface area (Å²) in [6.45, 7) is 4.22. The van der Waals surface area contributed by atoms with Crippen LogP contribution in [0.15, 0.2) is 66.7 Å². The van der Waals surface area contributed by atoms with Gasteiger partial charge in [-0.2, -0.15) is 5.26 Å². The molecule has 3 aromatic carbocycles. The van der Waals surface area contributed by atoms with Gasteiger partial charge >= 0.3 is 0 Å². The maximum atomic E-state index is 12.1. The molecule has 1 aliphatic rings. The number of nitrogens with one attached hydrogen (secondary N) is 1. The molecule has 0 aromatic heterocycles. The highest BCUT2D eigenvalue weighted by molar-refractivity contribution is 6.33. The van der Waals surface area contributed by atoms with Crippen LogP contribution in [0.5, 0.6) is 0 Å². The van der Waals surface area contributed by atoms with Crippen LogP contribution in [0, 0.1) is 11.3 Å². The molecule has 9 heteroatoms. The van der Waals surface area contributed by atoms with E-state index in [1.54, 1.807) is 43.3 Å². The lowest BCUT2D eigenvalue weighted by Crippen LogP contribution is -2.52. The summed E-state index contributed by atoms with van der Waals surface area (Å²) in [6, 6.07) is 22.0. The number of piperazine rings is 1. The fourth-order valence-corrected chi connectivity index (χ4v) is 5.24. The Hall–Kier alpha value is -3.12. The smallest absolute Gasteiger partial charge is 0.251 e. The molecule has 0 unspecified atom stereocenters. The van der Waals surface area contributed by atoms with Gasteiger partial charge in [0.05, 0.1) is 40.6 Å². The monoisotopic (exact) mass is 552 g/mol. The maximum Gasteiger partial charge on any atom is 0.251 e. The van der Waals surface area contributed by atoms with E-state index in [1.165, 1.54) is 0 Å². The molecular formula is C29H30Cl2N4O3. The van der Waals surface area contributed by atoms with Crippen molar-refractivity contribution < 1.29 is 15.0 Å². The van der Waals surface area contributed by atoms with Gasteiger partial charge in [-0.05, 0) is 60.5 Å². The van der Waals surface area contributed by atoms with Gasteiger partial charge in [0.2, 0.25) is 0 Å². The number of hydrogen-bond acceptors (Lipinski definition) is 6. The van der Waals surface area contributed by atoms with Gasteiger partial charge in [0.15, 0.2) is 0 Å². The molecule has 38 heavy (non-hydrogen) atoms. The predicted octanol–water partition coefficient (Wildman–Crippen LogP) is 4.36. The average molecular weight is 553 g/mol. The fraction of sp³-hybridized carbons (Fsp3) is 0.310. The highest BCUT2D eigenvalue weighted by Gasteiger charge is 2.34. The largest absolute Gasteiger partial charge is 0.395 e. The van der Waals surface area contributed by atoms with E-state index in [-0.39, 0.29) is 25.1 Å². The Morgan fingerprint density at radius 1 is 1.11 bits per heavy atom. The summed E-state index contributed by atoms with van der Waals surface area (Å²) in [5, 5.41) is 33.4. The summed E-state index contributed by atoms with van der Waals surface area (Å²) >= 11 is 12.8. The first-order valence-corrected chi connectivity index (χ1v) is 13.1. The number of nitriles is 1. The molecule has 0 bridgehead atoms. The SMILES string of the molecule is C[C@@](O)(CN1CCN(c2ccc(C#N)cc2Cl)[C@H](c2ccc(Cl)cc2)C1)c1ccc(C(=O)NCCO)cc1. The lowest BCUT2D eigenvalue weighted by Gasteiger charge is -2.45. The van der Waals surface area contributed by atoms with Crippen LogP contribution < -0.4 is 10.2 Å². The van der Waals surface area contributed by atoms with Crippen molar-refractivity contribution in [3.05, 3.63) is 99.0 Å². The number of β-amino-alcohol motifs (C(OH)–C–C–N with tert-alkyl or cyclic N) is 1. The number of nitrogens with zero attached hydrogens (tertiary/aromatic N) is 3. The predicted molar refractivity (Wildman–Crippen MR) is 150 cm³/mol. The first-order valence-electron chi connectivity index (χ1n) is 12.4. The molecule has 0 radical (unpaired) electrons. The van der Waals surface area contributed by atoms with Gasteiger partial charge in [-0.15, -0.1) is 0 Å². The van der Waals surface area contributed by atoms with Crippen molar-refractivity contribution in [2.24, 2.45) is 0 Å². The minimum Gasteiger partial charge on any atom is -0.395 e. The molecule has 3 N–H and O–H groups in total. The summed E-state index contributed by atoms with van der Waals surface area (Å²) in [5.41, 5.74) is 2.45. The quantitative estimate of drug-likeness (QED) is 0.384. The summed E-state index contributed by atoms with van der Waals surface area (Å²) in [6.07, 6.45) is 0. The van der Waals surface area contributed by atoms with E-state index >= 15 is 0 Å². The van der Waals surface area contributed by atoms with Gasteiger partial charge in [-0.3, -0.25) is 9.69 Å². The molecule has 1 saturated heterocycles. The minimum atomic E-state index is -1.15. The number of halogens is 2. The highest BCUT2D eigenvalue weighted by atomic mass is 35.5. The summed E-state index contributed by atoms with van der Waals surface area (Å²) in [4.78, 5) is 16.6. The highest BCUT2D eigenvalue weighted by Crippen LogP contribution is 2.37. The molecular weight excluding hydrogens is 523 g/mol. The molecule has 1 amide bonds. The normalized spacial score (nSPS) is 17.5. The fourth-order valence-electron chi connectivity index (χ4n) is 4.83. The van der Waals surface area contributed by atoms with Crippen LogP contribution in [0.3, 0.4) is 0 Å². The molecule has 0 saturated carbocycles. The lowest BCUT2D eigenvalue weighted by atomic mass is 9.93. The summed E-state index contributed by atoms with van der Waals surface area (Å²) in [7, 11) is 0. The second-order valence-electron chi connectivity index (χ2n) is 9.60. The molecule has 1 aliphatic heterocycles. The molecule has 198 valence electrons. The zero-order chi connectivity index (χ0) is 27.3. The van der Waals surface area contributed by atoms with E-state index in [4.69, 9.17) is 28.3 Å². The Morgan fingerprint density at radius 2 is 1.82 bits per heavy atom. The van der Waals surface area contributed by atoms with Gasteiger partial charge in [0.1, 0.15) is 0 Å². The molecule has 0 spiro atoms. The molecule has 1 fully saturated rings. The van der Waals surface area contributed by atoms with E-state index in [0.717, 1.165) is 11.3 Å². The van der Waals surface area contributed by atoms with Crippen molar-refractivity contribution in [2.45, 2.75) is 18.6 Å². The van der Waals surface area contributed by atoms with E-state index in [1.807, 2.05) is 30.3 Å². The van der Waals surface area contributed by atoms with Crippen LogP contribution in [0.2, 0.25) is 10.0 Å². The second kappa shape index (κ2) is 12.2. The minimum absolute atomic E-state index is 0.0557. The zero-order valence-electron chi connectivity index (χ0n) is 21.1. The van der Waals surface area contributed by atoms with E-state index < -0.39 is 5.60 Å². The van der Waals surface area contributed by atoms with Crippen molar-refractivity contribution in [3.63, 3.8) is 0 Å². The van der Waals surface area contributed by atoms with Crippen molar-refractivity contribution in [3.8, 4) is 6.07 Å². The van der Waals surface area contributed by atoms with Crippen LogP contribution in [0.4, 0.5) is 5.69 Å². The van der Waals surface area contributed by atoms with Crippen LogP contribution >= 0.6 is 23.2 Å². The molecule has 1 heterocycles. The summed E-state index contributed by atoms with van der Waals surface area (Å²) in [5.74, 6) is -0.270. The van der Waals surface area contributed by atoms with Crippen LogP contribution in [-0.2, 0) is 5.60 Å². The van der Waals surface area contributed by atoms with Gasteiger partial charge in [0.25, 0.3) is 5.91 Å². The van der Waals surface area contributed by atoms with Crippen molar-refractivity contribution in [1.82, 2.24) is 10.2 Å². The number of amides is 1. The number of carbonyl (C=O) groups excluding carboxylic acids is 1. The molecule has 3 aromatic rings. The number of aliphatic hydroxyl groups is 2. The number of carbonyl (C=O) groups is 1. The average Bonchev–Trinajstić information content (AvgIpc) is 2.92.